The average molecular weight is 285 g/mol. The van der Waals surface area contributed by atoms with Crippen molar-refractivity contribution in [3.05, 3.63) is 33.2 Å². The van der Waals surface area contributed by atoms with E-state index in [4.69, 9.17) is 0 Å². The molecule has 2 rings (SSSR count). The second-order valence-electron chi connectivity index (χ2n) is 3.11. The number of aromatic nitrogens is 5. The number of aromatic amines is 1. The third-order valence-corrected chi connectivity index (χ3v) is 2.67. The van der Waals surface area contributed by atoms with E-state index in [-0.39, 0.29) is 5.56 Å². The summed E-state index contributed by atoms with van der Waals surface area (Å²) in [5.74, 6) is 0.648. The minimum Gasteiger partial charge on any atom is -0.375 e. The van der Waals surface area contributed by atoms with Crippen molar-refractivity contribution in [2.75, 3.05) is 5.32 Å². The Morgan fingerprint density at radius 1 is 1.62 bits per heavy atom. The van der Waals surface area contributed by atoms with Gasteiger partial charge in [-0.15, -0.1) is 0 Å². The zero-order valence-electron chi connectivity index (χ0n) is 8.44. The van der Waals surface area contributed by atoms with Crippen LogP contribution in [0.1, 0.15) is 5.82 Å². The maximum Gasteiger partial charge on any atom is 0.280 e. The van der Waals surface area contributed by atoms with Crippen LogP contribution in [0.25, 0.3) is 0 Å². The van der Waals surface area contributed by atoms with Crippen LogP contribution in [0.15, 0.2) is 21.8 Å². The fourth-order valence-corrected chi connectivity index (χ4v) is 1.48. The Hall–Kier alpha value is -1.70. The van der Waals surface area contributed by atoms with E-state index < -0.39 is 0 Å². The van der Waals surface area contributed by atoms with Crippen molar-refractivity contribution in [3.8, 4) is 0 Å². The minimum absolute atomic E-state index is 0.279. The Bertz CT molecular complexity index is 547. The van der Waals surface area contributed by atoms with E-state index in [1.54, 1.807) is 18.1 Å². The Morgan fingerprint density at radius 2 is 2.44 bits per heavy atom. The van der Waals surface area contributed by atoms with Gasteiger partial charge in [0.25, 0.3) is 5.56 Å². The van der Waals surface area contributed by atoms with Gasteiger partial charge in [-0.2, -0.15) is 10.2 Å². The lowest BCUT2D eigenvalue weighted by Crippen LogP contribution is -2.12. The molecule has 84 valence electrons. The zero-order valence-corrected chi connectivity index (χ0v) is 10.0. The van der Waals surface area contributed by atoms with E-state index in [1.807, 2.05) is 0 Å². The predicted octanol–water partition coefficient (Wildman–Crippen LogP) is 0.273. The van der Waals surface area contributed by atoms with Gasteiger partial charge in [0.2, 0.25) is 0 Å². The summed E-state index contributed by atoms with van der Waals surface area (Å²) in [7, 11) is 1.79. The number of hydrogen-bond donors (Lipinski definition) is 2. The lowest BCUT2D eigenvalue weighted by molar-refractivity contribution is 0.747. The Labute approximate surface area is 99.0 Å². The molecule has 0 aromatic carbocycles. The molecule has 2 aromatic rings. The number of nitrogens with zero attached hydrogens (tertiary/aromatic N) is 4. The standard InChI is InChI=1S/C8H9BrN6O/c1-15-4-11-6(14-15)3-10-5-2-12-13-8(16)7(5)9/h2,4H,3H2,1H3,(H2,10,13,16). The fourth-order valence-electron chi connectivity index (χ4n) is 1.15. The predicted molar refractivity (Wildman–Crippen MR) is 60.9 cm³/mol. The van der Waals surface area contributed by atoms with Gasteiger partial charge in [-0.3, -0.25) is 9.48 Å². The summed E-state index contributed by atoms with van der Waals surface area (Å²) in [4.78, 5) is 15.3. The van der Waals surface area contributed by atoms with E-state index in [0.717, 1.165) is 0 Å². The third kappa shape index (κ3) is 2.27. The van der Waals surface area contributed by atoms with E-state index in [9.17, 15) is 4.79 Å². The van der Waals surface area contributed by atoms with Gasteiger partial charge in [0.1, 0.15) is 10.8 Å². The van der Waals surface area contributed by atoms with Crippen molar-refractivity contribution in [3.63, 3.8) is 0 Å². The van der Waals surface area contributed by atoms with Crippen LogP contribution in [-0.2, 0) is 13.6 Å². The zero-order chi connectivity index (χ0) is 11.5. The van der Waals surface area contributed by atoms with Crippen LogP contribution in [-0.4, -0.2) is 25.0 Å². The largest absolute Gasteiger partial charge is 0.375 e. The molecular weight excluding hydrogens is 276 g/mol. The molecule has 2 N–H and O–H groups in total. The first-order chi connectivity index (χ1) is 7.66. The summed E-state index contributed by atoms with van der Waals surface area (Å²) in [6.07, 6.45) is 3.14. The number of nitrogens with one attached hydrogen (secondary N) is 2. The molecule has 2 heterocycles. The van der Waals surface area contributed by atoms with Crippen LogP contribution in [0.3, 0.4) is 0 Å². The maximum absolute atomic E-state index is 11.2. The molecule has 0 aliphatic carbocycles. The molecule has 0 radical (unpaired) electrons. The molecule has 0 saturated carbocycles. The van der Waals surface area contributed by atoms with Crippen LogP contribution in [0.4, 0.5) is 5.69 Å². The molecule has 0 fully saturated rings. The van der Waals surface area contributed by atoms with Gasteiger partial charge in [-0.05, 0) is 15.9 Å². The molecular formula is C8H9BrN6O. The van der Waals surface area contributed by atoms with Gasteiger partial charge in [-0.1, -0.05) is 0 Å². The van der Waals surface area contributed by atoms with E-state index in [2.05, 4.69) is 41.5 Å². The normalized spacial score (nSPS) is 10.4. The first kappa shape index (κ1) is 10.8. The molecule has 0 saturated heterocycles. The highest BCUT2D eigenvalue weighted by Gasteiger charge is 2.05. The Kier molecular flexibility index (Phi) is 3.00. The molecule has 0 bridgehead atoms. The number of H-pyrrole nitrogens is 1. The van der Waals surface area contributed by atoms with Crippen LogP contribution in [0.2, 0.25) is 0 Å². The molecule has 16 heavy (non-hydrogen) atoms. The molecule has 7 nitrogen and oxygen atoms in total. The molecule has 0 spiro atoms. The van der Waals surface area contributed by atoms with Crippen LogP contribution in [0, 0.1) is 0 Å². The highest BCUT2D eigenvalue weighted by atomic mass is 79.9. The number of hydrogen-bond acceptors (Lipinski definition) is 5. The Morgan fingerprint density at radius 3 is 3.12 bits per heavy atom. The molecule has 0 aliphatic heterocycles. The highest BCUT2D eigenvalue weighted by molar-refractivity contribution is 9.10. The summed E-state index contributed by atoms with van der Waals surface area (Å²) < 4.78 is 2.03. The van der Waals surface area contributed by atoms with Crippen LogP contribution < -0.4 is 10.9 Å². The van der Waals surface area contributed by atoms with Crippen molar-refractivity contribution in [2.24, 2.45) is 7.05 Å². The second kappa shape index (κ2) is 4.44. The summed E-state index contributed by atoms with van der Waals surface area (Å²) in [5.41, 5.74) is 0.329. The topological polar surface area (TPSA) is 88.5 Å². The molecule has 0 amide bonds. The summed E-state index contributed by atoms with van der Waals surface area (Å²) in [6, 6.07) is 0. The van der Waals surface area contributed by atoms with Crippen molar-refractivity contribution < 1.29 is 0 Å². The number of aryl methyl sites for hydroxylation is 1. The first-order valence-corrected chi connectivity index (χ1v) is 5.27. The van der Waals surface area contributed by atoms with Crippen LogP contribution >= 0.6 is 15.9 Å². The Balaban J connectivity index is 2.10. The van der Waals surface area contributed by atoms with Crippen molar-refractivity contribution in [1.29, 1.82) is 0 Å². The van der Waals surface area contributed by atoms with Crippen LogP contribution in [0.5, 0.6) is 0 Å². The monoisotopic (exact) mass is 284 g/mol. The minimum atomic E-state index is -0.279. The van der Waals surface area contributed by atoms with Gasteiger partial charge in [0.15, 0.2) is 5.82 Å². The van der Waals surface area contributed by atoms with Crippen molar-refractivity contribution in [2.45, 2.75) is 6.54 Å². The summed E-state index contributed by atoms with van der Waals surface area (Å²) in [6.45, 7) is 0.435. The summed E-state index contributed by atoms with van der Waals surface area (Å²) >= 11 is 3.17. The van der Waals surface area contributed by atoms with Gasteiger partial charge in [0.05, 0.1) is 18.4 Å². The van der Waals surface area contributed by atoms with Gasteiger partial charge in [0, 0.05) is 7.05 Å². The average Bonchev–Trinajstić information content (AvgIpc) is 2.67. The highest BCUT2D eigenvalue weighted by Crippen LogP contribution is 2.15. The third-order valence-electron chi connectivity index (χ3n) is 1.88. The lowest BCUT2D eigenvalue weighted by atomic mass is 10.4. The molecule has 0 atom stereocenters. The second-order valence-corrected chi connectivity index (χ2v) is 3.91. The fraction of sp³-hybridized carbons (Fsp3) is 0.250. The first-order valence-electron chi connectivity index (χ1n) is 4.48. The quantitative estimate of drug-likeness (QED) is 0.845. The van der Waals surface area contributed by atoms with E-state index in [0.29, 0.717) is 22.5 Å². The van der Waals surface area contributed by atoms with Crippen molar-refractivity contribution in [1.82, 2.24) is 25.0 Å². The number of anilines is 1. The molecule has 0 aliphatic rings. The van der Waals surface area contributed by atoms with Gasteiger partial charge < -0.3 is 5.32 Å². The van der Waals surface area contributed by atoms with E-state index >= 15 is 0 Å². The lowest BCUT2D eigenvalue weighted by Gasteiger charge is -2.03. The molecule has 0 unspecified atom stereocenters. The number of halogens is 1. The van der Waals surface area contributed by atoms with Gasteiger partial charge >= 0.3 is 0 Å². The maximum atomic E-state index is 11.2. The SMILES string of the molecule is Cn1cnc(CNc2cn[nH]c(=O)c2Br)n1. The molecule has 2 aromatic heterocycles. The summed E-state index contributed by atoms with van der Waals surface area (Å²) in [5, 5.41) is 13.1. The number of rotatable bonds is 3. The van der Waals surface area contributed by atoms with E-state index in [1.165, 1.54) is 6.20 Å². The smallest absolute Gasteiger partial charge is 0.280 e. The van der Waals surface area contributed by atoms with Crippen molar-refractivity contribution >= 4 is 21.6 Å². The molecule has 8 heteroatoms. The van der Waals surface area contributed by atoms with Gasteiger partial charge in [-0.25, -0.2) is 10.1 Å².